The highest BCUT2D eigenvalue weighted by Gasteiger charge is 2.45. The summed E-state index contributed by atoms with van der Waals surface area (Å²) >= 11 is 0. The summed E-state index contributed by atoms with van der Waals surface area (Å²) in [6.07, 6.45) is 0.457. The van der Waals surface area contributed by atoms with Crippen LogP contribution in [-0.2, 0) is 34.6 Å². The topological polar surface area (TPSA) is 64.4 Å². The van der Waals surface area contributed by atoms with E-state index in [0.717, 1.165) is 11.1 Å². The maximum absolute atomic E-state index is 14.5. The number of carbonyl (C=O) groups is 1. The Morgan fingerprint density at radius 3 is 2.57 bits per heavy atom. The maximum atomic E-state index is 14.5. The Balaban J connectivity index is 1.59. The van der Waals surface area contributed by atoms with Crippen LogP contribution in [0.2, 0.25) is 0 Å². The number of fused-ring (bicyclic) bond motifs is 5. The molecule has 1 atom stereocenters. The second kappa shape index (κ2) is 7.16. The molecule has 6 rings (SSSR count). The Labute approximate surface area is 199 Å². The zero-order chi connectivity index (χ0) is 24.9. The molecule has 0 N–H and O–H groups in total. The van der Waals surface area contributed by atoms with Crippen molar-refractivity contribution in [2.75, 3.05) is 13.1 Å². The molecule has 3 aliphatic rings. The molecule has 0 aliphatic carbocycles. The van der Waals surface area contributed by atoms with Gasteiger partial charge in [0.05, 0.1) is 47.5 Å². The van der Waals surface area contributed by atoms with Crippen LogP contribution in [0.3, 0.4) is 0 Å². The predicted octanol–water partition coefficient (Wildman–Crippen LogP) is 4.05. The van der Waals surface area contributed by atoms with Crippen LogP contribution in [0.25, 0.3) is 22.3 Å². The van der Waals surface area contributed by atoms with Crippen LogP contribution in [0.4, 0.5) is 13.2 Å². The number of pyridine rings is 2. The van der Waals surface area contributed by atoms with Crippen LogP contribution in [0.15, 0.2) is 23.0 Å². The molecule has 3 aliphatic heterocycles. The highest BCUT2D eigenvalue weighted by atomic mass is 19.3. The van der Waals surface area contributed by atoms with Crippen molar-refractivity contribution in [3.8, 4) is 11.4 Å². The fourth-order valence-electron chi connectivity index (χ4n) is 5.58. The van der Waals surface area contributed by atoms with Gasteiger partial charge in [0, 0.05) is 23.6 Å². The van der Waals surface area contributed by atoms with Gasteiger partial charge >= 0.3 is 5.97 Å². The molecule has 0 spiro atoms. The third-order valence-electron chi connectivity index (χ3n) is 7.83. The number of ether oxygens (including phenoxy) is 1. The Kier molecular flexibility index (Phi) is 4.56. The molecule has 182 valence electrons. The molecule has 2 aromatic heterocycles. The molecule has 5 heterocycles. The number of benzene rings is 1. The first kappa shape index (κ1) is 22.3. The van der Waals surface area contributed by atoms with Gasteiger partial charge in [-0.15, -0.1) is 0 Å². The van der Waals surface area contributed by atoms with Crippen molar-refractivity contribution >= 4 is 16.9 Å². The number of hydrogen-bond acceptors (Lipinski definition) is 5. The summed E-state index contributed by atoms with van der Waals surface area (Å²) in [6.45, 7) is 4.98. The van der Waals surface area contributed by atoms with Gasteiger partial charge in [-0.2, -0.15) is 0 Å². The lowest BCUT2D eigenvalue weighted by molar-refractivity contribution is -0.153. The Hall–Kier alpha value is -3.20. The summed E-state index contributed by atoms with van der Waals surface area (Å²) in [6, 6.07) is 4.88. The largest absolute Gasteiger partial charge is 0.460 e. The van der Waals surface area contributed by atoms with Gasteiger partial charge in [-0.05, 0) is 49.1 Å². The summed E-state index contributed by atoms with van der Waals surface area (Å²) in [5.41, 5.74) is 3.32. The normalized spacial score (nSPS) is 22.4. The van der Waals surface area contributed by atoms with Crippen molar-refractivity contribution in [2.45, 2.75) is 58.2 Å². The summed E-state index contributed by atoms with van der Waals surface area (Å²) in [7, 11) is 0. The first-order valence-electron chi connectivity index (χ1n) is 11.7. The zero-order valence-corrected chi connectivity index (χ0v) is 19.7. The van der Waals surface area contributed by atoms with Gasteiger partial charge in [-0.25, -0.2) is 18.2 Å². The number of halogens is 3. The van der Waals surface area contributed by atoms with Gasteiger partial charge < -0.3 is 9.30 Å². The molecule has 0 unspecified atom stereocenters. The van der Waals surface area contributed by atoms with Crippen LogP contribution in [-0.4, -0.2) is 39.4 Å². The average Bonchev–Trinajstić information content (AvgIpc) is 3.15. The molecule has 1 fully saturated rings. The Morgan fingerprint density at radius 1 is 1.14 bits per heavy atom. The molecule has 9 heteroatoms. The lowest BCUT2D eigenvalue weighted by Crippen LogP contribution is -2.55. The minimum atomic E-state index is -2.72. The number of carbonyl (C=O) groups excluding carboxylic acids is 1. The summed E-state index contributed by atoms with van der Waals surface area (Å²) in [4.78, 5) is 32.6. The monoisotopic (exact) mass is 483 g/mol. The SMILES string of the molecule is CC[C@@]1(C)C(=O)OCc2c1cc1n(c2=O)Cc2c-1nc1cc(F)c(C)cc1c2CN1CC(F)(F)C1. The van der Waals surface area contributed by atoms with Crippen molar-refractivity contribution in [1.82, 2.24) is 14.5 Å². The Bertz CT molecular complexity index is 1510. The van der Waals surface area contributed by atoms with Crippen molar-refractivity contribution in [2.24, 2.45) is 0 Å². The van der Waals surface area contributed by atoms with Crippen LogP contribution in [0.5, 0.6) is 0 Å². The predicted molar refractivity (Wildman–Crippen MR) is 123 cm³/mol. The number of likely N-dealkylation sites (tertiary alicyclic amines) is 1. The van der Waals surface area contributed by atoms with Crippen molar-refractivity contribution in [3.05, 3.63) is 62.2 Å². The van der Waals surface area contributed by atoms with Crippen LogP contribution < -0.4 is 5.56 Å². The van der Waals surface area contributed by atoms with Gasteiger partial charge in [0.25, 0.3) is 11.5 Å². The van der Waals surface area contributed by atoms with Crippen LogP contribution in [0, 0.1) is 12.7 Å². The highest BCUT2D eigenvalue weighted by Crippen LogP contribution is 2.42. The molecule has 0 amide bonds. The van der Waals surface area contributed by atoms with Gasteiger partial charge in [-0.1, -0.05) is 6.92 Å². The minimum Gasteiger partial charge on any atom is -0.460 e. The molecule has 1 saturated heterocycles. The number of hydrogen-bond donors (Lipinski definition) is 0. The molecule has 6 nitrogen and oxygen atoms in total. The van der Waals surface area contributed by atoms with E-state index in [9.17, 15) is 22.8 Å². The van der Waals surface area contributed by atoms with E-state index in [2.05, 4.69) is 0 Å². The van der Waals surface area contributed by atoms with Gasteiger partial charge in [0.15, 0.2) is 0 Å². The molecular weight excluding hydrogens is 459 g/mol. The average molecular weight is 483 g/mol. The first-order chi connectivity index (χ1) is 16.5. The number of esters is 1. The number of aryl methyl sites for hydroxylation is 1. The lowest BCUT2D eigenvalue weighted by Gasteiger charge is -2.39. The smallest absolute Gasteiger partial charge is 0.316 e. The maximum Gasteiger partial charge on any atom is 0.316 e. The lowest BCUT2D eigenvalue weighted by atomic mass is 9.76. The fourth-order valence-corrected chi connectivity index (χ4v) is 5.58. The molecule has 0 radical (unpaired) electrons. The van der Waals surface area contributed by atoms with Crippen molar-refractivity contribution in [1.29, 1.82) is 0 Å². The van der Waals surface area contributed by atoms with Crippen LogP contribution in [0.1, 0.15) is 48.1 Å². The van der Waals surface area contributed by atoms with E-state index in [1.165, 1.54) is 6.07 Å². The fraction of sp³-hybridized carbons (Fsp3) is 0.423. The van der Waals surface area contributed by atoms with Crippen molar-refractivity contribution < 1.29 is 22.7 Å². The third kappa shape index (κ3) is 3.10. The van der Waals surface area contributed by atoms with Gasteiger partial charge in [-0.3, -0.25) is 14.5 Å². The van der Waals surface area contributed by atoms with E-state index in [0.29, 0.717) is 45.4 Å². The second-order valence-electron chi connectivity index (χ2n) is 10.1. The number of nitrogens with zero attached hydrogens (tertiary/aromatic N) is 3. The number of rotatable bonds is 3. The van der Waals surface area contributed by atoms with E-state index in [-0.39, 0.29) is 44.3 Å². The van der Waals surface area contributed by atoms with E-state index in [1.807, 2.05) is 13.0 Å². The molecule has 3 aromatic rings. The molecule has 0 saturated carbocycles. The number of alkyl halides is 2. The van der Waals surface area contributed by atoms with E-state index < -0.39 is 17.2 Å². The third-order valence-corrected chi connectivity index (χ3v) is 7.83. The summed E-state index contributed by atoms with van der Waals surface area (Å²) < 4.78 is 48.6. The molecule has 0 bridgehead atoms. The van der Waals surface area contributed by atoms with E-state index >= 15 is 0 Å². The standard InChI is InChI=1S/C26H24F3N3O3/c1-4-25(3)18-6-21-22-16(9-32(21)23(33)17(18)10-35-24(25)34)15(8-31-11-26(28,29)12-31)14-5-13(2)19(27)7-20(14)30-22/h5-7H,4,8-12H2,1-3H3/t25-/m1/s1. The van der Waals surface area contributed by atoms with E-state index in [1.54, 1.807) is 29.4 Å². The molecular formula is C26H24F3N3O3. The summed E-state index contributed by atoms with van der Waals surface area (Å²) in [5.74, 6) is -3.50. The Morgan fingerprint density at radius 2 is 1.89 bits per heavy atom. The zero-order valence-electron chi connectivity index (χ0n) is 19.7. The molecule has 1 aromatic carbocycles. The van der Waals surface area contributed by atoms with Gasteiger partial charge in [0.2, 0.25) is 0 Å². The van der Waals surface area contributed by atoms with E-state index in [4.69, 9.17) is 9.72 Å². The summed E-state index contributed by atoms with van der Waals surface area (Å²) in [5, 5.41) is 0.695. The minimum absolute atomic E-state index is 0.0885. The first-order valence-corrected chi connectivity index (χ1v) is 11.7. The quantitative estimate of drug-likeness (QED) is 0.412. The van der Waals surface area contributed by atoms with Gasteiger partial charge in [0.1, 0.15) is 12.4 Å². The second-order valence-corrected chi connectivity index (χ2v) is 10.1. The van der Waals surface area contributed by atoms with Crippen LogP contribution >= 0.6 is 0 Å². The molecule has 35 heavy (non-hydrogen) atoms. The number of cyclic esters (lactones) is 1. The highest BCUT2D eigenvalue weighted by molar-refractivity contribution is 5.90. The number of aromatic nitrogens is 2. The van der Waals surface area contributed by atoms with Crippen molar-refractivity contribution in [3.63, 3.8) is 0 Å².